The number of hydrogen-bond donors (Lipinski definition) is 2. The van der Waals surface area contributed by atoms with Crippen molar-refractivity contribution in [1.82, 2.24) is 25.0 Å². The van der Waals surface area contributed by atoms with Crippen LogP contribution in [0.25, 0.3) is 5.69 Å². The van der Waals surface area contributed by atoms with Crippen LogP contribution in [0, 0.1) is 0 Å². The van der Waals surface area contributed by atoms with Gasteiger partial charge in [-0.15, -0.1) is 17.5 Å². The minimum atomic E-state index is -0.641. The molecule has 3 aromatic rings. The summed E-state index contributed by atoms with van der Waals surface area (Å²) in [5.74, 6) is -0.909. The van der Waals surface area contributed by atoms with E-state index in [4.69, 9.17) is 17.3 Å². The number of nitrogens with zero attached hydrogens (tertiary/aromatic N) is 4. The Morgan fingerprint density at radius 3 is 2.42 bits per heavy atom. The average Bonchev–Trinajstić information content (AvgIpc) is 3.23. The quantitative estimate of drug-likeness (QED) is 0.490. The van der Waals surface area contributed by atoms with E-state index in [9.17, 15) is 14.4 Å². The highest BCUT2D eigenvalue weighted by Gasteiger charge is 2.26. The zero-order chi connectivity index (χ0) is 23.4. The first kappa shape index (κ1) is 26.0. The molecule has 33 heavy (non-hydrogen) atoms. The summed E-state index contributed by atoms with van der Waals surface area (Å²) in [5, 5.41) is 7.43. The second-order valence-corrected chi connectivity index (χ2v) is 7.69. The van der Waals surface area contributed by atoms with Gasteiger partial charge in [-0.05, 0) is 25.1 Å². The molecule has 0 radical (unpaired) electrons. The second kappa shape index (κ2) is 11.0. The van der Waals surface area contributed by atoms with Crippen LogP contribution in [0.1, 0.15) is 45.3 Å². The normalized spacial score (nSPS) is 11.3. The van der Waals surface area contributed by atoms with Crippen molar-refractivity contribution in [2.24, 2.45) is 5.73 Å². The van der Waals surface area contributed by atoms with Gasteiger partial charge in [-0.2, -0.15) is 0 Å². The Labute approximate surface area is 202 Å². The molecule has 2 amide bonds. The molecule has 2 aromatic carbocycles. The highest BCUT2D eigenvalue weighted by molar-refractivity contribution is 6.31. The molecular weight excluding hydrogens is 467 g/mol. The molecule has 3 rings (SSSR count). The van der Waals surface area contributed by atoms with Crippen molar-refractivity contribution in [3.63, 3.8) is 0 Å². The largest absolute Gasteiger partial charge is 0.345 e. The molecule has 1 unspecified atom stereocenters. The van der Waals surface area contributed by atoms with Gasteiger partial charge in [0.1, 0.15) is 0 Å². The molecule has 11 heteroatoms. The first-order chi connectivity index (χ1) is 15.2. The van der Waals surface area contributed by atoms with Crippen LogP contribution in [0.15, 0.2) is 48.5 Å². The zero-order valence-electron chi connectivity index (χ0n) is 18.3. The average molecular weight is 491 g/mol. The van der Waals surface area contributed by atoms with E-state index in [0.29, 0.717) is 16.3 Å². The van der Waals surface area contributed by atoms with E-state index in [1.165, 1.54) is 15.6 Å². The van der Waals surface area contributed by atoms with Gasteiger partial charge in [0.2, 0.25) is 11.7 Å². The van der Waals surface area contributed by atoms with Crippen molar-refractivity contribution in [1.29, 1.82) is 0 Å². The highest BCUT2D eigenvalue weighted by atomic mass is 35.5. The van der Waals surface area contributed by atoms with Gasteiger partial charge in [-0.1, -0.05) is 41.9 Å². The minimum Gasteiger partial charge on any atom is -0.345 e. The Balaban J connectivity index is 0.00000385. The Hall–Kier alpha value is -3.27. The number of aromatic nitrogens is 3. The molecule has 0 saturated carbocycles. The third-order valence-corrected chi connectivity index (χ3v) is 4.88. The van der Waals surface area contributed by atoms with Crippen LogP contribution >= 0.6 is 24.0 Å². The molecule has 9 nitrogen and oxygen atoms in total. The fraction of sp³-hybridized carbons (Fsp3) is 0.227. The van der Waals surface area contributed by atoms with Gasteiger partial charge in [-0.25, -0.2) is 9.67 Å². The number of nitrogens with one attached hydrogen (secondary N) is 1. The third-order valence-electron chi connectivity index (χ3n) is 4.65. The van der Waals surface area contributed by atoms with Crippen LogP contribution in [-0.2, 0) is 4.79 Å². The van der Waals surface area contributed by atoms with E-state index in [0.717, 1.165) is 0 Å². The predicted molar refractivity (Wildman–Crippen MR) is 127 cm³/mol. The van der Waals surface area contributed by atoms with E-state index >= 15 is 0 Å². The standard InChI is InChI=1S/C22H23ClN6O3.ClH/c1-13(25-18(30)12-24)21-26-20(22(32)28(2)3)27-29(21)17-10-9-15(23)11-16(17)19(31)14-7-5-4-6-8-14;/h4-11,13H,12,24H2,1-3H3,(H,25,30);1H. The van der Waals surface area contributed by atoms with Gasteiger partial charge in [0.15, 0.2) is 11.6 Å². The fourth-order valence-corrected chi connectivity index (χ4v) is 3.23. The lowest BCUT2D eigenvalue weighted by molar-refractivity contribution is -0.120. The Bertz CT molecular complexity index is 1160. The first-order valence-corrected chi connectivity index (χ1v) is 10.2. The van der Waals surface area contributed by atoms with Crippen LogP contribution in [0.4, 0.5) is 0 Å². The third kappa shape index (κ3) is 5.75. The molecule has 1 atom stereocenters. The number of rotatable bonds is 7. The van der Waals surface area contributed by atoms with Crippen molar-refractivity contribution in [3.8, 4) is 5.69 Å². The lowest BCUT2D eigenvalue weighted by Gasteiger charge is -2.16. The van der Waals surface area contributed by atoms with Crippen LogP contribution in [0.5, 0.6) is 0 Å². The topological polar surface area (TPSA) is 123 Å². The van der Waals surface area contributed by atoms with Gasteiger partial charge in [0.25, 0.3) is 5.91 Å². The van der Waals surface area contributed by atoms with Crippen molar-refractivity contribution in [3.05, 3.63) is 76.3 Å². The SMILES string of the molecule is CC(NC(=O)CN)c1nc(C(=O)N(C)C)nn1-c1ccc(Cl)cc1C(=O)c1ccccc1.Cl. The number of amides is 2. The Morgan fingerprint density at radius 1 is 1.15 bits per heavy atom. The maximum atomic E-state index is 13.3. The summed E-state index contributed by atoms with van der Waals surface area (Å²) >= 11 is 6.19. The number of halogens is 2. The lowest BCUT2D eigenvalue weighted by Crippen LogP contribution is -2.33. The van der Waals surface area contributed by atoms with Crippen LogP contribution < -0.4 is 11.1 Å². The summed E-state index contributed by atoms with van der Waals surface area (Å²) in [7, 11) is 3.16. The van der Waals surface area contributed by atoms with E-state index in [-0.39, 0.29) is 41.9 Å². The molecule has 0 aliphatic rings. The molecule has 0 saturated heterocycles. The second-order valence-electron chi connectivity index (χ2n) is 7.25. The van der Waals surface area contributed by atoms with E-state index in [2.05, 4.69) is 15.4 Å². The molecule has 1 heterocycles. The monoisotopic (exact) mass is 490 g/mol. The Kier molecular flexibility index (Phi) is 8.69. The predicted octanol–water partition coefficient (Wildman–Crippen LogP) is 2.41. The van der Waals surface area contributed by atoms with Gasteiger partial charge in [0, 0.05) is 30.2 Å². The van der Waals surface area contributed by atoms with Gasteiger partial charge >= 0.3 is 0 Å². The van der Waals surface area contributed by atoms with E-state index in [1.54, 1.807) is 57.4 Å². The van der Waals surface area contributed by atoms with Gasteiger partial charge < -0.3 is 16.0 Å². The summed E-state index contributed by atoms with van der Waals surface area (Å²) in [6, 6.07) is 12.9. The van der Waals surface area contributed by atoms with Crippen LogP contribution in [-0.4, -0.2) is 57.9 Å². The molecule has 1 aromatic heterocycles. The summed E-state index contributed by atoms with van der Waals surface area (Å²) < 4.78 is 1.38. The summed E-state index contributed by atoms with van der Waals surface area (Å²) in [6.45, 7) is 1.48. The minimum absolute atomic E-state index is 0. The molecular formula is C22H24Cl2N6O3. The number of carbonyl (C=O) groups is 3. The molecule has 3 N–H and O–H groups in total. The van der Waals surface area contributed by atoms with Crippen molar-refractivity contribution >= 4 is 41.6 Å². The highest BCUT2D eigenvalue weighted by Crippen LogP contribution is 2.25. The molecule has 0 fully saturated rings. The summed E-state index contributed by atoms with van der Waals surface area (Å²) in [4.78, 5) is 43.3. The van der Waals surface area contributed by atoms with Crippen molar-refractivity contribution in [2.75, 3.05) is 20.6 Å². The first-order valence-electron chi connectivity index (χ1n) is 9.80. The van der Waals surface area contributed by atoms with Crippen molar-refractivity contribution < 1.29 is 14.4 Å². The molecule has 0 bridgehead atoms. The maximum Gasteiger partial charge on any atom is 0.293 e. The number of ketones is 1. The van der Waals surface area contributed by atoms with E-state index in [1.807, 2.05) is 6.07 Å². The van der Waals surface area contributed by atoms with Crippen molar-refractivity contribution in [2.45, 2.75) is 13.0 Å². The maximum absolute atomic E-state index is 13.3. The Morgan fingerprint density at radius 2 is 1.82 bits per heavy atom. The van der Waals surface area contributed by atoms with E-state index < -0.39 is 17.9 Å². The molecule has 174 valence electrons. The number of nitrogens with two attached hydrogens (primary N) is 1. The molecule has 0 aliphatic carbocycles. The fourth-order valence-electron chi connectivity index (χ4n) is 3.06. The lowest BCUT2D eigenvalue weighted by atomic mass is 10.0. The number of carbonyl (C=O) groups excluding carboxylic acids is 3. The molecule has 0 aliphatic heterocycles. The van der Waals surface area contributed by atoms with Crippen LogP contribution in [0.2, 0.25) is 5.02 Å². The number of hydrogen-bond acceptors (Lipinski definition) is 6. The summed E-state index contributed by atoms with van der Waals surface area (Å²) in [5.41, 5.74) is 6.52. The van der Waals surface area contributed by atoms with Crippen LogP contribution in [0.3, 0.4) is 0 Å². The zero-order valence-corrected chi connectivity index (χ0v) is 19.9. The van der Waals surface area contributed by atoms with Gasteiger partial charge in [0.05, 0.1) is 18.3 Å². The smallest absolute Gasteiger partial charge is 0.293 e. The summed E-state index contributed by atoms with van der Waals surface area (Å²) in [6.07, 6.45) is 0. The molecule has 0 spiro atoms. The van der Waals surface area contributed by atoms with Gasteiger partial charge in [-0.3, -0.25) is 14.4 Å². The number of benzene rings is 2.